The largest absolute Gasteiger partial charge is 0.322 e. The van der Waals surface area contributed by atoms with Crippen LogP contribution >= 0.6 is 0 Å². The molecule has 2 unspecified atom stereocenters. The molecule has 7 heteroatoms. The highest BCUT2D eigenvalue weighted by molar-refractivity contribution is 6.05. The van der Waals surface area contributed by atoms with E-state index in [1.54, 1.807) is 4.90 Å². The molecule has 3 amide bonds. The normalized spacial score (nSPS) is 26.7. The minimum Gasteiger partial charge on any atom is -0.322 e. The van der Waals surface area contributed by atoms with Crippen molar-refractivity contribution < 1.29 is 14.4 Å². The van der Waals surface area contributed by atoms with E-state index in [2.05, 4.69) is 28.5 Å². The van der Waals surface area contributed by atoms with Crippen LogP contribution in [0.2, 0.25) is 0 Å². The number of hydrogen-bond donors (Lipinski definition) is 2. The summed E-state index contributed by atoms with van der Waals surface area (Å²) in [5.41, 5.74) is 2.78. The summed E-state index contributed by atoms with van der Waals surface area (Å²) in [6.45, 7) is 6.55. The van der Waals surface area contributed by atoms with Gasteiger partial charge in [0.2, 0.25) is 11.8 Å². The lowest BCUT2D eigenvalue weighted by Crippen LogP contribution is -2.52. The van der Waals surface area contributed by atoms with Gasteiger partial charge in [-0.25, -0.2) is 0 Å². The lowest BCUT2D eigenvalue weighted by atomic mass is 10.0. The van der Waals surface area contributed by atoms with Gasteiger partial charge in [0.1, 0.15) is 6.04 Å². The van der Waals surface area contributed by atoms with E-state index in [-0.39, 0.29) is 24.1 Å². The van der Waals surface area contributed by atoms with Crippen molar-refractivity contribution in [1.29, 1.82) is 0 Å². The maximum atomic E-state index is 12.9. The van der Waals surface area contributed by atoms with E-state index in [1.165, 1.54) is 0 Å². The topological polar surface area (TPSA) is 81.8 Å². The van der Waals surface area contributed by atoms with Crippen molar-refractivity contribution in [2.75, 3.05) is 19.6 Å². The molecule has 4 rings (SSSR count). The number of nitrogens with zero attached hydrogens (tertiary/aromatic N) is 2. The van der Waals surface area contributed by atoms with Crippen molar-refractivity contribution in [2.45, 2.75) is 51.4 Å². The van der Waals surface area contributed by atoms with Crippen LogP contribution in [-0.2, 0) is 22.7 Å². The molecule has 3 aliphatic rings. The van der Waals surface area contributed by atoms with E-state index in [9.17, 15) is 14.4 Å². The quantitative estimate of drug-likeness (QED) is 0.763. The van der Waals surface area contributed by atoms with Gasteiger partial charge in [-0.1, -0.05) is 12.1 Å². The minimum atomic E-state index is -0.553. The molecule has 144 valence electrons. The average Bonchev–Trinajstić information content (AvgIpc) is 2.82. The number of hydrogen-bond acceptors (Lipinski definition) is 5. The first-order valence-corrected chi connectivity index (χ1v) is 9.74. The van der Waals surface area contributed by atoms with Crippen LogP contribution in [0.5, 0.6) is 0 Å². The SMILES string of the molecule is CC1CNCCCN1Cc1ccc2c(c1)C(=O)N(C1CCC(=O)NC1=O)C2. The third kappa shape index (κ3) is 3.61. The van der Waals surface area contributed by atoms with Gasteiger partial charge in [-0.05, 0) is 43.5 Å². The van der Waals surface area contributed by atoms with E-state index < -0.39 is 6.04 Å². The van der Waals surface area contributed by atoms with Crippen LogP contribution in [0.3, 0.4) is 0 Å². The molecule has 0 radical (unpaired) electrons. The van der Waals surface area contributed by atoms with Crippen LogP contribution < -0.4 is 10.6 Å². The van der Waals surface area contributed by atoms with E-state index in [4.69, 9.17) is 0 Å². The standard InChI is InChI=1S/C20H26N4O3/c1-13-10-21-7-2-8-23(13)11-14-3-4-15-12-24(20(27)16(15)9-14)17-5-6-18(25)22-19(17)26/h3-4,9,13,17,21H,2,5-8,10-12H2,1H3,(H,22,25,26). The summed E-state index contributed by atoms with van der Waals surface area (Å²) in [4.78, 5) is 40.5. The van der Waals surface area contributed by atoms with E-state index in [0.717, 1.165) is 43.7 Å². The van der Waals surface area contributed by atoms with Crippen LogP contribution in [0.4, 0.5) is 0 Å². The van der Waals surface area contributed by atoms with Crippen LogP contribution in [0.1, 0.15) is 47.7 Å². The van der Waals surface area contributed by atoms with Gasteiger partial charge < -0.3 is 10.2 Å². The van der Waals surface area contributed by atoms with Crippen molar-refractivity contribution in [1.82, 2.24) is 20.4 Å². The highest BCUT2D eigenvalue weighted by atomic mass is 16.2. The third-order valence-electron chi connectivity index (χ3n) is 5.84. The molecule has 0 bridgehead atoms. The number of fused-ring (bicyclic) bond motifs is 1. The molecule has 1 aromatic rings. The molecule has 0 saturated carbocycles. The van der Waals surface area contributed by atoms with Gasteiger partial charge in [0, 0.05) is 44.2 Å². The number of carbonyl (C=O) groups is 3. The molecule has 7 nitrogen and oxygen atoms in total. The second-order valence-electron chi connectivity index (χ2n) is 7.77. The number of amides is 3. The Hall–Kier alpha value is -2.25. The molecule has 2 atom stereocenters. The summed E-state index contributed by atoms with van der Waals surface area (Å²) in [5.74, 6) is -0.728. The van der Waals surface area contributed by atoms with Gasteiger partial charge >= 0.3 is 0 Å². The highest BCUT2D eigenvalue weighted by Gasteiger charge is 2.39. The lowest BCUT2D eigenvalue weighted by molar-refractivity contribution is -0.136. The summed E-state index contributed by atoms with van der Waals surface area (Å²) in [6, 6.07) is 5.98. The van der Waals surface area contributed by atoms with Gasteiger partial charge in [-0.15, -0.1) is 0 Å². The number of piperidine rings is 1. The number of nitrogens with one attached hydrogen (secondary N) is 2. The molecule has 3 heterocycles. The summed E-state index contributed by atoms with van der Waals surface area (Å²) in [5, 5.41) is 5.79. The Morgan fingerprint density at radius 3 is 2.89 bits per heavy atom. The van der Waals surface area contributed by atoms with Gasteiger partial charge in [0.05, 0.1) is 0 Å². The molecular formula is C20H26N4O3. The smallest absolute Gasteiger partial charge is 0.255 e. The predicted molar refractivity (Wildman–Crippen MR) is 99.8 cm³/mol. The molecule has 0 aliphatic carbocycles. The molecule has 0 aromatic heterocycles. The fourth-order valence-electron chi connectivity index (χ4n) is 4.24. The van der Waals surface area contributed by atoms with Crippen LogP contribution in [0, 0.1) is 0 Å². The maximum absolute atomic E-state index is 12.9. The Balaban J connectivity index is 1.49. The van der Waals surface area contributed by atoms with E-state index >= 15 is 0 Å². The second kappa shape index (κ2) is 7.40. The zero-order valence-corrected chi connectivity index (χ0v) is 15.7. The molecule has 2 saturated heterocycles. The average molecular weight is 370 g/mol. The number of benzene rings is 1. The number of carbonyl (C=O) groups excluding carboxylic acids is 3. The second-order valence-corrected chi connectivity index (χ2v) is 7.77. The fourth-order valence-corrected chi connectivity index (χ4v) is 4.24. The highest BCUT2D eigenvalue weighted by Crippen LogP contribution is 2.28. The summed E-state index contributed by atoms with van der Waals surface area (Å²) in [6.07, 6.45) is 1.80. The molecule has 0 spiro atoms. The van der Waals surface area contributed by atoms with Crippen molar-refractivity contribution in [3.05, 3.63) is 34.9 Å². The first kappa shape index (κ1) is 18.1. The van der Waals surface area contributed by atoms with Gasteiger partial charge in [0.15, 0.2) is 0 Å². The Morgan fingerprint density at radius 1 is 1.22 bits per heavy atom. The third-order valence-corrected chi connectivity index (χ3v) is 5.84. The molecule has 27 heavy (non-hydrogen) atoms. The maximum Gasteiger partial charge on any atom is 0.255 e. The molecular weight excluding hydrogens is 344 g/mol. The van der Waals surface area contributed by atoms with E-state index in [1.807, 2.05) is 12.1 Å². The van der Waals surface area contributed by atoms with Crippen molar-refractivity contribution in [3.63, 3.8) is 0 Å². The lowest BCUT2D eigenvalue weighted by Gasteiger charge is -2.29. The predicted octanol–water partition coefficient (Wildman–Crippen LogP) is 0.631. The monoisotopic (exact) mass is 370 g/mol. The first-order chi connectivity index (χ1) is 13.0. The summed E-state index contributed by atoms with van der Waals surface area (Å²) in [7, 11) is 0. The molecule has 1 aromatic carbocycles. The molecule has 3 aliphatic heterocycles. The molecule has 2 fully saturated rings. The van der Waals surface area contributed by atoms with E-state index in [0.29, 0.717) is 24.6 Å². The Bertz CT molecular complexity index is 778. The minimum absolute atomic E-state index is 0.105. The summed E-state index contributed by atoms with van der Waals surface area (Å²) >= 11 is 0. The fraction of sp³-hybridized carbons (Fsp3) is 0.550. The number of imide groups is 1. The Labute approximate surface area is 159 Å². The first-order valence-electron chi connectivity index (χ1n) is 9.74. The van der Waals surface area contributed by atoms with Crippen LogP contribution in [0.15, 0.2) is 18.2 Å². The van der Waals surface area contributed by atoms with Crippen molar-refractivity contribution >= 4 is 17.7 Å². The number of rotatable bonds is 3. The van der Waals surface area contributed by atoms with Crippen molar-refractivity contribution in [2.24, 2.45) is 0 Å². The Kier molecular flexibility index (Phi) is 4.97. The van der Waals surface area contributed by atoms with Gasteiger partial charge in [-0.3, -0.25) is 24.6 Å². The van der Waals surface area contributed by atoms with Crippen LogP contribution in [-0.4, -0.2) is 59.2 Å². The van der Waals surface area contributed by atoms with Gasteiger partial charge in [-0.2, -0.15) is 0 Å². The molecule has 2 N–H and O–H groups in total. The zero-order valence-electron chi connectivity index (χ0n) is 15.7. The van der Waals surface area contributed by atoms with Gasteiger partial charge in [0.25, 0.3) is 5.91 Å². The Morgan fingerprint density at radius 2 is 2.07 bits per heavy atom. The zero-order chi connectivity index (χ0) is 19.0. The summed E-state index contributed by atoms with van der Waals surface area (Å²) < 4.78 is 0. The van der Waals surface area contributed by atoms with Crippen molar-refractivity contribution in [3.8, 4) is 0 Å². The van der Waals surface area contributed by atoms with Crippen LogP contribution in [0.25, 0.3) is 0 Å².